The van der Waals surface area contributed by atoms with Crippen molar-refractivity contribution in [1.29, 1.82) is 0 Å². The second-order valence-electron chi connectivity index (χ2n) is 1.61. The van der Waals surface area contributed by atoms with Crippen LogP contribution in [0, 0.1) is 24.7 Å². The van der Waals surface area contributed by atoms with Crippen LogP contribution in [0.1, 0.15) is 12.8 Å². The van der Waals surface area contributed by atoms with Crippen molar-refractivity contribution in [2.24, 2.45) is 0 Å². The van der Waals surface area contributed by atoms with Gasteiger partial charge < -0.3 is 4.74 Å². The summed E-state index contributed by atoms with van der Waals surface area (Å²) in [6.45, 7) is 0. The molecule has 0 aromatic heterocycles. The fourth-order valence-electron chi connectivity index (χ4n) is 0.366. The standard InChI is InChI=1S/C8H6O3/c1-3-5-7(9)11-8(10)6-4-2/h1-2H,5-6H2. The number of rotatable bonds is 2. The van der Waals surface area contributed by atoms with Crippen LogP contribution in [0.5, 0.6) is 0 Å². The average molecular weight is 150 g/mol. The van der Waals surface area contributed by atoms with E-state index in [0.29, 0.717) is 0 Å². The molecule has 3 heteroatoms. The Morgan fingerprint density at radius 3 is 1.73 bits per heavy atom. The largest absolute Gasteiger partial charge is 0.392 e. The zero-order valence-corrected chi connectivity index (χ0v) is 5.79. The lowest BCUT2D eigenvalue weighted by atomic mass is 10.4. The van der Waals surface area contributed by atoms with Crippen molar-refractivity contribution in [3.63, 3.8) is 0 Å². The van der Waals surface area contributed by atoms with E-state index < -0.39 is 11.9 Å². The lowest BCUT2D eigenvalue weighted by molar-refractivity contribution is -0.158. The van der Waals surface area contributed by atoms with Crippen molar-refractivity contribution < 1.29 is 14.3 Å². The third-order valence-corrected chi connectivity index (χ3v) is 0.720. The van der Waals surface area contributed by atoms with Gasteiger partial charge in [-0.3, -0.25) is 9.59 Å². The van der Waals surface area contributed by atoms with Gasteiger partial charge in [0, 0.05) is 0 Å². The Balaban J connectivity index is 3.71. The van der Waals surface area contributed by atoms with Gasteiger partial charge in [-0.2, -0.15) is 0 Å². The van der Waals surface area contributed by atoms with E-state index in [1.807, 2.05) is 11.8 Å². The highest BCUT2D eigenvalue weighted by Crippen LogP contribution is 1.88. The second kappa shape index (κ2) is 5.08. The third kappa shape index (κ3) is 4.74. The predicted octanol–water partition coefficient (Wildman–Crippen LogP) is 0.103. The van der Waals surface area contributed by atoms with Crippen molar-refractivity contribution in [3.05, 3.63) is 0 Å². The Morgan fingerprint density at radius 2 is 1.45 bits per heavy atom. The minimum Gasteiger partial charge on any atom is -0.392 e. The molecule has 0 N–H and O–H groups in total. The quantitative estimate of drug-likeness (QED) is 0.318. The number of carbonyl (C=O) groups excluding carboxylic acids is 2. The maximum absolute atomic E-state index is 10.5. The summed E-state index contributed by atoms with van der Waals surface area (Å²) < 4.78 is 4.17. The summed E-state index contributed by atoms with van der Waals surface area (Å²) in [5, 5.41) is 0. The molecule has 0 amide bonds. The molecule has 0 aromatic rings. The summed E-state index contributed by atoms with van der Waals surface area (Å²) in [6, 6.07) is 0. The van der Waals surface area contributed by atoms with Crippen molar-refractivity contribution in [2.45, 2.75) is 12.8 Å². The van der Waals surface area contributed by atoms with Gasteiger partial charge in [0.25, 0.3) is 0 Å². The van der Waals surface area contributed by atoms with Crippen LogP contribution in [0.2, 0.25) is 0 Å². The van der Waals surface area contributed by atoms with E-state index in [9.17, 15) is 9.59 Å². The molecule has 0 aliphatic heterocycles. The van der Waals surface area contributed by atoms with Crippen LogP contribution < -0.4 is 0 Å². The molecule has 0 aliphatic rings. The Bertz CT molecular complexity index is 213. The fraction of sp³-hybridized carbons (Fsp3) is 0.250. The first-order valence-electron chi connectivity index (χ1n) is 2.81. The number of esters is 2. The Morgan fingerprint density at radius 1 is 1.09 bits per heavy atom. The van der Waals surface area contributed by atoms with E-state index in [2.05, 4.69) is 4.74 Å². The maximum Gasteiger partial charge on any atom is 0.325 e. The summed E-state index contributed by atoms with van der Waals surface area (Å²) in [5.41, 5.74) is 0. The number of ether oxygens (including phenoxy) is 1. The molecule has 0 fully saturated rings. The van der Waals surface area contributed by atoms with Gasteiger partial charge in [-0.05, 0) is 0 Å². The summed E-state index contributed by atoms with van der Waals surface area (Å²) in [4.78, 5) is 20.9. The van der Waals surface area contributed by atoms with Gasteiger partial charge in [0.15, 0.2) is 0 Å². The molecular weight excluding hydrogens is 144 g/mol. The average Bonchev–Trinajstić information content (AvgIpc) is 1.87. The van der Waals surface area contributed by atoms with Gasteiger partial charge in [-0.15, -0.1) is 12.8 Å². The molecule has 0 saturated heterocycles. The molecular formula is C8H6O3. The van der Waals surface area contributed by atoms with Crippen molar-refractivity contribution in [1.82, 2.24) is 0 Å². The first-order chi connectivity index (χ1) is 5.20. The Labute approximate surface area is 64.7 Å². The molecule has 0 saturated carbocycles. The SMILES string of the molecule is C#CCC(=O)OC(=O)CC#C. The monoisotopic (exact) mass is 150 g/mol. The van der Waals surface area contributed by atoms with E-state index in [1.165, 1.54) is 0 Å². The number of terminal acetylenes is 2. The zero-order valence-electron chi connectivity index (χ0n) is 5.79. The molecule has 0 unspecified atom stereocenters. The fourth-order valence-corrected chi connectivity index (χ4v) is 0.366. The van der Waals surface area contributed by atoms with Crippen molar-refractivity contribution >= 4 is 11.9 Å². The molecule has 0 atom stereocenters. The van der Waals surface area contributed by atoms with Gasteiger partial charge in [0.1, 0.15) is 12.8 Å². The molecule has 56 valence electrons. The summed E-state index contributed by atoms with van der Waals surface area (Å²) in [5.74, 6) is 2.59. The lowest BCUT2D eigenvalue weighted by Gasteiger charge is -1.94. The highest BCUT2D eigenvalue weighted by atomic mass is 16.6. The molecule has 0 spiro atoms. The zero-order chi connectivity index (χ0) is 8.69. The van der Waals surface area contributed by atoms with Crippen LogP contribution in [-0.2, 0) is 14.3 Å². The molecule has 0 radical (unpaired) electrons. The maximum atomic E-state index is 10.5. The summed E-state index contributed by atoms with van der Waals surface area (Å²) in [6.07, 6.45) is 9.13. The van der Waals surface area contributed by atoms with Crippen molar-refractivity contribution in [2.75, 3.05) is 0 Å². The van der Waals surface area contributed by atoms with E-state index >= 15 is 0 Å². The molecule has 0 aromatic carbocycles. The van der Waals surface area contributed by atoms with Crippen molar-refractivity contribution in [3.8, 4) is 24.7 Å². The van der Waals surface area contributed by atoms with Crippen LogP contribution >= 0.6 is 0 Å². The third-order valence-electron chi connectivity index (χ3n) is 0.720. The highest BCUT2D eigenvalue weighted by molar-refractivity contribution is 5.87. The lowest BCUT2D eigenvalue weighted by Crippen LogP contribution is -2.10. The van der Waals surface area contributed by atoms with Gasteiger partial charge >= 0.3 is 11.9 Å². The molecule has 0 bridgehead atoms. The van der Waals surface area contributed by atoms with Crippen LogP contribution in [0.15, 0.2) is 0 Å². The molecule has 11 heavy (non-hydrogen) atoms. The van der Waals surface area contributed by atoms with E-state index in [-0.39, 0.29) is 12.8 Å². The number of carbonyl (C=O) groups is 2. The smallest absolute Gasteiger partial charge is 0.325 e. The number of hydrogen-bond donors (Lipinski definition) is 0. The molecule has 0 aliphatic carbocycles. The Kier molecular flexibility index (Phi) is 4.27. The minimum absolute atomic E-state index is 0.212. The van der Waals surface area contributed by atoms with E-state index in [0.717, 1.165) is 0 Å². The molecule has 3 nitrogen and oxygen atoms in total. The van der Waals surface area contributed by atoms with Gasteiger partial charge in [-0.25, -0.2) is 0 Å². The Hall–Kier alpha value is -1.74. The molecule has 0 heterocycles. The van der Waals surface area contributed by atoms with Crippen LogP contribution in [-0.4, -0.2) is 11.9 Å². The van der Waals surface area contributed by atoms with Crippen LogP contribution in [0.25, 0.3) is 0 Å². The topological polar surface area (TPSA) is 43.4 Å². The second-order valence-corrected chi connectivity index (χ2v) is 1.61. The predicted molar refractivity (Wildman–Crippen MR) is 38.0 cm³/mol. The van der Waals surface area contributed by atoms with Crippen LogP contribution in [0.3, 0.4) is 0 Å². The van der Waals surface area contributed by atoms with Gasteiger partial charge in [0.2, 0.25) is 0 Å². The normalized spacial score (nSPS) is 7.45. The molecule has 0 rings (SSSR count). The summed E-state index contributed by atoms with van der Waals surface area (Å²) in [7, 11) is 0. The van der Waals surface area contributed by atoms with Gasteiger partial charge in [-0.1, -0.05) is 11.8 Å². The van der Waals surface area contributed by atoms with Crippen LogP contribution in [0.4, 0.5) is 0 Å². The number of hydrogen-bond acceptors (Lipinski definition) is 3. The first kappa shape index (κ1) is 9.26. The van der Waals surface area contributed by atoms with Gasteiger partial charge in [0.05, 0.1) is 0 Å². The van der Waals surface area contributed by atoms with E-state index in [1.54, 1.807) is 0 Å². The van der Waals surface area contributed by atoms with E-state index in [4.69, 9.17) is 12.8 Å². The highest BCUT2D eigenvalue weighted by Gasteiger charge is 2.06. The first-order valence-corrected chi connectivity index (χ1v) is 2.81. The summed E-state index contributed by atoms with van der Waals surface area (Å²) >= 11 is 0. The minimum atomic E-state index is -0.743.